The monoisotopic (exact) mass is 376 g/mol. The summed E-state index contributed by atoms with van der Waals surface area (Å²) in [5, 5.41) is 13.6. The third-order valence-corrected chi connectivity index (χ3v) is 3.30. The quantitative estimate of drug-likeness (QED) is 0.384. The molecule has 0 amide bonds. The zero-order valence-electron chi connectivity index (χ0n) is 8.80. The van der Waals surface area contributed by atoms with Gasteiger partial charge in [-0.1, -0.05) is 23.7 Å². The molecule has 0 spiro atoms. The minimum absolute atomic E-state index is 0.0733. The van der Waals surface area contributed by atoms with E-state index in [1.165, 1.54) is 6.33 Å². The molecule has 18 heavy (non-hydrogen) atoms. The molecule has 6 nitrogen and oxygen atoms in total. The van der Waals surface area contributed by atoms with Crippen molar-refractivity contribution in [3.8, 4) is 0 Å². The molecule has 0 atom stereocenters. The Morgan fingerprint density at radius 2 is 2.06 bits per heavy atom. The van der Waals surface area contributed by atoms with E-state index in [-0.39, 0.29) is 16.7 Å². The lowest BCUT2D eigenvalue weighted by Crippen LogP contribution is -2.02. The molecule has 0 saturated carbocycles. The van der Waals surface area contributed by atoms with E-state index in [2.05, 4.69) is 37.9 Å². The van der Waals surface area contributed by atoms with Gasteiger partial charge in [0.1, 0.15) is 6.33 Å². The molecule has 0 radical (unpaired) electrons. The maximum atomic E-state index is 10.9. The third kappa shape index (κ3) is 2.67. The second-order valence-corrected chi connectivity index (χ2v) is 4.74. The van der Waals surface area contributed by atoms with Crippen molar-refractivity contribution in [1.82, 2.24) is 9.97 Å². The van der Waals surface area contributed by atoms with Gasteiger partial charge in [-0.3, -0.25) is 10.1 Å². The van der Waals surface area contributed by atoms with E-state index in [1.807, 2.05) is 18.2 Å². The first-order valence-electron chi connectivity index (χ1n) is 4.76. The van der Waals surface area contributed by atoms with Crippen LogP contribution in [0.15, 0.2) is 30.6 Å². The van der Waals surface area contributed by atoms with E-state index in [0.717, 1.165) is 9.26 Å². The van der Waals surface area contributed by atoms with Crippen LogP contribution in [0, 0.1) is 13.7 Å². The Morgan fingerprint density at radius 1 is 1.33 bits per heavy atom. The maximum absolute atomic E-state index is 10.9. The van der Waals surface area contributed by atoms with E-state index >= 15 is 0 Å². The van der Waals surface area contributed by atoms with Crippen LogP contribution in [0.4, 0.5) is 17.2 Å². The minimum atomic E-state index is -0.611. The van der Waals surface area contributed by atoms with Crippen molar-refractivity contribution >= 4 is 51.4 Å². The van der Waals surface area contributed by atoms with Crippen LogP contribution in [0.3, 0.4) is 0 Å². The number of nitrogens with one attached hydrogen (secondary N) is 1. The van der Waals surface area contributed by atoms with E-state index in [0.29, 0.717) is 0 Å². The third-order valence-electron chi connectivity index (χ3n) is 2.09. The summed E-state index contributed by atoms with van der Waals surface area (Å²) in [5.41, 5.74) is 0.384. The van der Waals surface area contributed by atoms with E-state index in [9.17, 15) is 10.1 Å². The predicted octanol–water partition coefficient (Wildman–Crippen LogP) is 3.39. The molecule has 1 aromatic carbocycles. The number of benzene rings is 1. The molecule has 0 saturated heterocycles. The highest BCUT2D eigenvalue weighted by Gasteiger charge is 2.21. The molecule has 2 aromatic rings. The molecular weight excluding hydrogens is 370 g/mol. The van der Waals surface area contributed by atoms with Gasteiger partial charge < -0.3 is 5.32 Å². The van der Waals surface area contributed by atoms with Gasteiger partial charge in [-0.15, -0.1) is 0 Å². The molecular formula is C10H6ClIN4O2. The lowest BCUT2D eigenvalue weighted by Gasteiger charge is -2.07. The van der Waals surface area contributed by atoms with Crippen LogP contribution in [-0.4, -0.2) is 14.9 Å². The summed E-state index contributed by atoms with van der Waals surface area (Å²) in [6, 6.07) is 7.35. The Hall–Kier alpha value is -1.48. The van der Waals surface area contributed by atoms with Crippen LogP contribution in [0.5, 0.6) is 0 Å². The van der Waals surface area contributed by atoms with Gasteiger partial charge in [0.05, 0.1) is 10.6 Å². The Balaban J connectivity index is 2.44. The largest absolute Gasteiger partial charge is 0.348 e. The number of anilines is 2. The van der Waals surface area contributed by atoms with Gasteiger partial charge in [0.15, 0.2) is 0 Å². The molecule has 1 heterocycles. The van der Waals surface area contributed by atoms with E-state index in [1.54, 1.807) is 6.07 Å². The highest BCUT2D eigenvalue weighted by Crippen LogP contribution is 2.31. The molecule has 1 N–H and O–H groups in total. The van der Waals surface area contributed by atoms with Crippen molar-refractivity contribution in [2.45, 2.75) is 0 Å². The standard InChI is InChI=1S/C10H6ClIN4O2/c11-9-8(16(17)18)10(14-5-13-9)15-7-4-2-1-3-6(7)12/h1-5H,(H,13,14,15). The lowest BCUT2D eigenvalue weighted by atomic mass is 10.3. The van der Waals surface area contributed by atoms with Crippen LogP contribution < -0.4 is 5.32 Å². The number of para-hydroxylation sites is 1. The summed E-state index contributed by atoms with van der Waals surface area (Å²) in [5.74, 6) is 0.0733. The summed E-state index contributed by atoms with van der Waals surface area (Å²) in [6.07, 6.45) is 1.17. The van der Waals surface area contributed by atoms with Gasteiger partial charge in [-0.2, -0.15) is 0 Å². The zero-order chi connectivity index (χ0) is 13.1. The van der Waals surface area contributed by atoms with E-state index in [4.69, 9.17) is 11.6 Å². The number of nitro groups is 1. The Bertz CT molecular complexity index is 608. The number of nitrogens with zero attached hydrogens (tertiary/aromatic N) is 3. The van der Waals surface area contributed by atoms with Crippen molar-refractivity contribution in [1.29, 1.82) is 0 Å². The Kier molecular flexibility index (Phi) is 3.92. The van der Waals surface area contributed by atoms with Crippen LogP contribution in [-0.2, 0) is 0 Å². The van der Waals surface area contributed by atoms with Gasteiger partial charge >= 0.3 is 5.69 Å². The van der Waals surface area contributed by atoms with Gasteiger partial charge in [-0.25, -0.2) is 9.97 Å². The van der Waals surface area contributed by atoms with Crippen molar-refractivity contribution in [2.75, 3.05) is 5.32 Å². The average molecular weight is 377 g/mol. The lowest BCUT2D eigenvalue weighted by molar-refractivity contribution is -0.384. The molecule has 8 heteroatoms. The van der Waals surface area contributed by atoms with Crippen molar-refractivity contribution in [2.24, 2.45) is 0 Å². The van der Waals surface area contributed by atoms with E-state index < -0.39 is 4.92 Å². The molecule has 0 unspecified atom stereocenters. The average Bonchev–Trinajstić information content (AvgIpc) is 2.31. The summed E-state index contributed by atoms with van der Waals surface area (Å²) in [7, 11) is 0. The fourth-order valence-corrected chi connectivity index (χ4v) is 2.03. The fourth-order valence-electron chi connectivity index (χ4n) is 1.30. The smallest absolute Gasteiger partial charge is 0.333 e. The number of halogens is 2. The van der Waals surface area contributed by atoms with Gasteiger partial charge in [0.2, 0.25) is 11.0 Å². The van der Waals surface area contributed by atoms with Crippen molar-refractivity contribution in [3.63, 3.8) is 0 Å². The molecule has 92 valence electrons. The van der Waals surface area contributed by atoms with Gasteiger partial charge in [-0.05, 0) is 34.7 Å². The molecule has 0 aliphatic rings. The van der Waals surface area contributed by atoms with Crippen LogP contribution in [0.2, 0.25) is 5.15 Å². The number of hydrogen-bond acceptors (Lipinski definition) is 5. The molecule has 2 rings (SSSR count). The number of hydrogen-bond donors (Lipinski definition) is 1. The first-order valence-corrected chi connectivity index (χ1v) is 6.21. The topological polar surface area (TPSA) is 81.0 Å². The molecule has 0 fully saturated rings. The molecule has 1 aromatic heterocycles. The van der Waals surface area contributed by atoms with Crippen LogP contribution in [0.25, 0.3) is 0 Å². The first kappa shape index (κ1) is 13.0. The highest BCUT2D eigenvalue weighted by atomic mass is 127. The first-order chi connectivity index (χ1) is 8.59. The van der Waals surface area contributed by atoms with Crippen LogP contribution in [0.1, 0.15) is 0 Å². The number of aromatic nitrogens is 2. The minimum Gasteiger partial charge on any atom is -0.333 e. The normalized spacial score (nSPS) is 10.1. The predicted molar refractivity (Wildman–Crippen MR) is 76.1 cm³/mol. The van der Waals surface area contributed by atoms with Gasteiger partial charge in [0.25, 0.3) is 0 Å². The Morgan fingerprint density at radius 3 is 2.72 bits per heavy atom. The fraction of sp³-hybridized carbons (Fsp3) is 0. The Labute approximate surface area is 121 Å². The second-order valence-electron chi connectivity index (χ2n) is 3.22. The summed E-state index contributed by atoms with van der Waals surface area (Å²) in [6.45, 7) is 0. The summed E-state index contributed by atoms with van der Waals surface area (Å²) < 4.78 is 0.916. The van der Waals surface area contributed by atoms with Crippen molar-refractivity contribution < 1.29 is 4.92 Å². The molecule has 0 aliphatic heterocycles. The molecule has 0 aliphatic carbocycles. The van der Waals surface area contributed by atoms with Gasteiger partial charge in [0, 0.05) is 3.57 Å². The SMILES string of the molecule is O=[N+]([O-])c1c(Cl)ncnc1Nc1ccccc1I. The highest BCUT2D eigenvalue weighted by molar-refractivity contribution is 14.1. The summed E-state index contributed by atoms with van der Waals surface area (Å²) in [4.78, 5) is 17.7. The second kappa shape index (κ2) is 5.44. The summed E-state index contributed by atoms with van der Waals surface area (Å²) >= 11 is 7.81. The van der Waals surface area contributed by atoms with Crippen molar-refractivity contribution in [3.05, 3.63) is 49.4 Å². The number of rotatable bonds is 3. The maximum Gasteiger partial charge on any atom is 0.348 e. The molecule has 0 bridgehead atoms. The zero-order valence-corrected chi connectivity index (χ0v) is 11.7. The van der Waals surface area contributed by atoms with Crippen LogP contribution >= 0.6 is 34.2 Å².